The van der Waals surface area contributed by atoms with Gasteiger partial charge in [0.25, 0.3) is 0 Å². The summed E-state index contributed by atoms with van der Waals surface area (Å²) in [5.41, 5.74) is 0. The Bertz CT molecular complexity index is 318. The molecule has 0 aliphatic carbocycles. The molecule has 1 saturated heterocycles. The number of rotatable bonds is 7. The number of carboxylic acids is 1. The number of nitrogens with one attached hydrogen (secondary N) is 1. The number of urea groups is 1. The maximum absolute atomic E-state index is 12.1. The van der Waals surface area contributed by atoms with Crippen LogP contribution in [0.5, 0.6) is 0 Å². The Kier molecular flexibility index (Phi) is 7.80. The Morgan fingerprint density at radius 2 is 2.05 bits per heavy atom. The van der Waals surface area contributed by atoms with Crippen LogP contribution in [-0.4, -0.2) is 52.6 Å². The van der Waals surface area contributed by atoms with E-state index in [1.165, 1.54) is 0 Å². The fraction of sp³-hybridized carbons (Fsp3) is 0.857. The summed E-state index contributed by atoms with van der Waals surface area (Å²) in [6.07, 6.45) is 2.80. The summed E-state index contributed by atoms with van der Waals surface area (Å²) in [5, 5.41) is 11.7. The van der Waals surface area contributed by atoms with Gasteiger partial charge in [-0.2, -0.15) is 11.8 Å². The quantitative estimate of drug-likeness (QED) is 0.758. The number of likely N-dealkylation sites (tertiary alicyclic amines) is 1. The first kappa shape index (κ1) is 17.1. The first-order chi connectivity index (χ1) is 9.52. The normalized spacial score (nSPS) is 17.8. The van der Waals surface area contributed by atoms with E-state index in [1.807, 2.05) is 23.6 Å². The highest BCUT2D eigenvalue weighted by atomic mass is 32.2. The number of amides is 2. The van der Waals surface area contributed by atoms with Crippen LogP contribution in [0.1, 0.15) is 39.5 Å². The van der Waals surface area contributed by atoms with Gasteiger partial charge < -0.3 is 15.3 Å². The number of carbonyl (C=O) groups is 2. The van der Waals surface area contributed by atoms with Gasteiger partial charge in [-0.3, -0.25) is 4.79 Å². The van der Waals surface area contributed by atoms with Gasteiger partial charge >= 0.3 is 12.0 Å². The molecule has 0 aromatic carbocycles. The Labute approximate surface area is 125 Å². The summed E-state index contributed by atoms with van der Waals surface area (Å²) in [6, 6.07) is 0.211. The van der Waals surface area contributed by atoms with Crippen LogP contribution in [0.4, 0.5) is 4.79 Å². The van der Waals surface area contributed by atoms with Crippen molar-refractivity contribution < 1.29 is 14.7 Å². The third-order valence-electron chi connectivity index (χ3n) is 3.61. The van der Waals surface area contributed by atoms with Gasteiger partial charge in [0, 0.05) is 31.3 Å². The van der Waals surface area contributed by atoms with Crippen molar-refractivity contribution in [3.05, 3.63) is 0 Å². The van der Waals surface area contributed by atoms with E-state index >= 15 is 0 Å². The van der Waals surface area contributed by atoms with Crippen LogP contribution >= 0.6 is 11.8 Å². The van der Waals surface area contributed by atoms with Crippen LogP contribution in [0.3, 0.4) is 0 Å². The lowest BCUT2D eigenvalue weighted by molar-refractivity contribution is -0.137. The Balaban J connectivity index is 2.23. The first-order valence-electron chi connectivity index (χ1n) is 7.37. The maximum Gasteiger partial charge on any atom is 0.317 e. The summed E-state index contributed by atoms with van der Waals surface area (Å²) >= 11 is 1.83. The monoisotopic (exact) mass is 302 g/mol. The van der Waals surface area contributed by atoms with Gasteiger partial charge in [0.1, 0.15) is 0 Å². The minimum atomic E-state index is -0.729. The highest BCUT2D eigenvalue weighted by Gasteiger charge is 2.23. The van der Waals surface area contributed by atoms with Crippen molar-refractivity contribution in [2.45, 2.75) is 45.6 Å². The lowest BCUT2D eigenvalue weighted by Crippen LogP contribution is -2.47. The van der Waals surface area contributed by atoms with E-state index in [2.05, 4.69) is 12.2 Å². The first-order valence-corrected chi connectivity index (χ1v) is 8.53. The Morgan fingerprint density at radius 1 is 1.40 bits per heavy atom. The number of thioether (sulfide) groups is 1. The standard InChI is InChI=1S/C14H26N2O3S/c1-3-20-10-11(2)15-14(19)16-8-6-12(7-9-16)4-5-13(17)18/h11-12H,3-10H2,1-2H3,(H,15,19)(H,17,18). The number of aliphatic carboxylic acids is 1. The van der Waals surface area contributed by atoms with Crippen molar-refractivity contribution in [1.82, 2.24) is 10.2 Å². The molecule has 1 aliphatic rings. The highest BCUT2D eigenvalue weighted by molar-refractivity contribution is 7.99. The average Bonchev–Trinajstić information content (AvgIpc) is 2.43. The lowest BCUT2D eigenvalue weighted by Gasteiger charge is -2.32. The molecule has 1 heterocycles. The van der Waals surface area contributed by atoms with E-state index in [0.717, 1.165) is 43.9 Å². The number of hydrogen-bond donors (Lipinski definition) is 2. The van der Waals surface area contributed by atoms with Crippen LogP contribution < -0.4 is 5.32 Å². The second kappa shape index (κ2) is 9.10. The van der Waals surface area contributed by atoms with Crippen molar-refractivity contribution in [1.29, 1.82) is 0 Å². The topological polar surface area (TPSA) is 69.6 Å². The predicted molar refractivity (Wildman–Crippen MR) is 82.2 cm³/mol. The summed E-state index contributed by atoms with van der Waals surface area (Å²) < 4.78 is 0. The Hall–Kier alpha value is -0.910. The summed E-state index contributed by atoms with van der Waals surface area (Å²) in [7, 11) is 0. The van der Waals surface area contributed by atoms with Gasteiger partial charge in [0.2, 0.25) is 0 Å². The number of nitrogens with zero attached hydrogens (tertiary/aromatic N) is 1. The van der Waals surface area contributed by atoms with E-state index in [-0.39, 0.29) is 18.5 Å². The molecular formula is C14H26N2O3S. The van der Waals surface area contributed by atoms with Crippen molar-refractivity contribution >= 4 is 23.8 Å². The van der Waals surface area contributed by atoms with Crippen molar-refractivity contribution in [2.75, 3.05) is 24.6 Å². The molecule has 1 unspecified atom stereocenters. The molecule has 5 nitrogen and oxygen atoms in total. The van der Waals surface area contributed by atoms with Gasteiger partial charge in [-0.1, -0.05) is 6.92 Å². The SMILES string of the molecule is CCSCC(C)NC(=O)N1CCC(CCC(=O)O)CC1. The van der Waals surface area contributed by atoms with E-state index in [4.69, 9.17) is 5.11 Å². The van der Waals surface area contributed by atoms with Crippen LogP contribution in [-0.2, 0) is 4.79 Å². The average molecular weight is 302 g/mol. The molecule has 0 aromatic heterocycles. The third-order valence-corrected chi connectivity index (χ3v) is 4.75. The fourth-order valence-electron chi connectivity index (χ4n) is 2.39. The van der Waals surface area contributed by atoms with E-state index < -0.39 is 5.97 Å². The molecule has 2 N–H and O–H groups in total. The lowest BCUT2D eigenvalue weighted by atomic mass is 9.92. The van der Waals surface area contributed by atoms with Crippen LogP contribution in [0.15, 0.2) is 0 Å². The molecule has 6 heteroatoms. The predicted octanol–water partition coefficient (Wildman–Crippen LogP) is 2.41. The molecule has 0 radical (unpaired) electrons. The second-order valence-corrected chi connectivity index (χ2v) is 6.69. The van der Waals surface area contributed by atoms with Crippen LogP contribution in [0, 0.1) is 5.92 Å². The molecule has 1 rings (SSSR count). The van der Waals surface area contributed by atoms with Gasteiger partial charge in [-0.25, -0.2) is 4.79 Å². The third kappa shape index (κ3) is 6.50. The highest BCUT2D eigenvalue weighted by Crippen LogP contribution is 2.21. The van der Waals surface area contributed by atoms with E-state index in [0.29, 0.717) is 5.92 Å². The fourth-order valence-corrected chi connectivity index (χ4v) is 3.06. The molecule has 0 spiro atoms. The molecule has 0 bridgehead atoms. The second-order valence-electron chi connectivity index (χ2n) is 5.37. The molecule has 2 amide bonds. The molecule has 1 fully saturated rings. The van der Waals surface area contributed by atoms with Crippen molar-refractivity contribution in [3.63, 3.8) is 0 Å². The van der Waals surface area contributed by atoms with Gasteiger partial charge in [-0.15, -0.1) is 0 Å². The summed E-state index contributed by atoms with van der Waals surface area (Å²) in [4.78, 5) is 24.5. The molecule has 1 aliphatic heterocycles. The number of carboxylic acid groups (broad SMARTS) is 1. The molecule has 0 saturated carbocycles. The van der Waals surface area contributed by atoms with Crippen LogP contribution in [0.25, 0.3) is 0 Å². The van der Waals surface area contributed by atoms with Gasteiger partial charge in [-0.05, 0) is 37.9 Å². The van der Waals surface area contributed by atoms with Gasteiger partial charge in [0.15, 0.2) is 0 Å². The Morgan fingerprint density at radius 3 is 2.60 bits per heavy atom. The largest absolute Gasteiger partial charge is 0.481 e. The summed E-state index contributed by atoms with van der Waals surface area (Å²) in [6.45, 7) is 5.62. The molecular weight excluding hydrogens is 276 g/mol. The van der Waals surface area contributed by atoms with E-state index in [1.54, 1.807) is 0 Å². The molecule has 0 aromatic rings. The molecule has 1 atom stereocenters. The minimum Gasteiger partial charge on any atom is -0.481 e. The van der Waals surface area contributed by atoms with Crippen molar-refractivity contribution in [3.8, 4) is 0 Å². The van der Waals surface area contributed by atoms with Crippen LogP contribution in [0.2, 0.25) is 0 Å². The minimum absolute atomic E-state index is 0.0193. The molecule has 20 heavy (non-hydrogen) atoms. The van der Waals surface area contributed by atoms with Gasteiger partial charge in [0.05, 0.1) is 0 Å². The van der Waals surface area contributed by atoms with E-state index in [9.17, 15) is 9.59 Å². The molecule has 116 valence electrons. The number of hydrogen-bond acceptors (Lipinski definition) is 3. The zero-order chi connectivity index (χ0) is 15.0. The zero-order valence-electron chi connectivity index (χ0n) is 12.4. The van der Waals surface area contributed by atoms with Crippen molar-refractivity contribution in [2.24, 2.45) is 5.92 Å². The number of piperidine rings is 1. The number of carbonyl (C=O) groups excluding carboxylic acids is 1. The maximum atomic E-state index is 12.1. The smallest absolute Gasteiger partial charge is 0.317 e. The summed E-state index contributed by atoms with van der Waals surface area (Å²) in [5.74, 6) is 1.72. The zero-order valence-corrected chi connectivity index (χ0v) is 13.2.